The Hall–Kier alpha value is -1.35. The summed E-state index contributed by atoms with van der Waals surface area (Å²) in [6.07, 6.45) is 2.37. The molecule has 1 unspecified atom stereocenters. The number of benzene rings is 1. The van der Waals surface area contributed by atoms with Crippen molar-refractivity contribution in [2.45, 2.75) is 25.4 Å². The number of para-hydroxylation sites is 1. The summed E-state index contributed by atoms with van der Waals surface area (Å²) in [7, 11) is 3.24. The van der Waals surface area contributed by atoms with E-state index in [0.29, 0.717) is 12.3 Å². The molecule has 0 spiro atoms. The third kappa shape index (κ3) is 2.86. The molecule has 0 aliphatic heterocycles. The van der Waals surface area contributed by atoms with E-state index in [1.165, 1.54) is 0 Å². The molecule has 1 aliphatic carbocycles. The van der Waals surface area contributed by atoms with E-state index in [1.807, 2.05) is 24.3 Å². The van der Waals surface area contributed by atoms with Crippen molar-refractivity contribution in [3.05, 3.63) is 29.8 Å². The highest BCUT2D eigenvalue weighted by Gasteiger charge is 2.36. The molecule has 0 bridgehead atoms. The van der Waals surface area contributed by atoms with Crippen LogP contribution in [0.4, 0.5) is 0 Å². The van der Waals surface area contributed by atoms with Crippen molar-refractivity contribution in [1.82, 2.24) is 0 Å². The van der Waals surface area contributed by atoms with Gasteiger partial charge < -0.3 is 9.47 Å². The van der Waals surface area contributed by atoms with Crippen LogP contribution < -0.4 is 4.74 Å². The Labute approximate surface area is 102 Å². The first-order valence-corrected chi connectivity index (χ1v) is 5.93. The van der Waals surface area contributed by atoms with Crippen molar-refractivity contribution in [2.75, 3.05) is 14.2 Å². The van der Waals surface area contributed by atoms with Crippen LogP contribution in [0.15, 0.2) is 24.3 Å². The first-order valence-electron chi connectivity index (χ1n) is 5.93. The second-order valence-electron chi connectivity index (χ2n) is 4.45. The molecule has 2 rings (SSSR count). The van der Waals surface area contributed by atoms with Gasteiger partial charge in [0.05, 0.1) is 7.11 Å². The van der Waals surface area contributed by atoms with Crippen molar-refractivity contribution in [1.29, 1.82) is 0 Å². The van der Waals surface area contributed by atoms with Crippen LogP contribution in [0.2, 0.25) is 0 Å². The highest BCUT2D eigenvalue weighted by Crippen LogP contribution is 2.35. The normalized spacial score (nSPS) is 16.6. The van der Waals surface area contributed by atoms with E-state index in [9.17, 15) is 4.79 Å². The number of ether oxygens (including phenoxy) is 2. The largest absolute Gasteiger partial charge is 0.496 e. The van der Waals surface area contributed by atoms with Gasteiger partial charge in [0.15, 0.2) is 5.78 Å². The molecule has 1 fully saturated rings. The topological polar surface area (TPSA) is 35.5 Å². The second-order valence-corrected chi connectivity index (χ2v) is 4.45. The van der Waals surface area contributed by atoms with Crippen molar-refractivity contribution in [3.63, 3.8) is 0 Å². The van der Waals surface area contributed by atoms with Gasteiger partial charge >= 0.3 is 0 Å². The van der Waals surface area contributed by atoms with E-state index in [4.69, 9.17) is 9.47 Å². The molecule has 0 heterocycles. The number of carbonyl (C=O) groups excluding carboxylic acids is 1. The van der Waals surface area contributed by atoms with Gasteiger partial charge in [-0.1, -0.05) is 18.2 Å². The molecule has 17 heavy (non-hydrogen) atoms. The Morgan fingerprint density at radius 3 is 2.65 bits per heavy atom. The quantitative estimate of drug-likeness (QED) is 0.757. The zero-order chi connectivity index (χ0) is 12.3. The van der Waals surface area contributed by atoms with Crippen LogP contribution in [0.5, 0.6) is 5.75 Å². The van der Waals surface area contributed by atoms with Gasteiger partial charge in [0.25, 0.3) is 0 Å². The molecule has 1 saturated carbocycles. The number of hydrogen-bond acceptors (Lipinski definition) is 3. The molecule has 1 aromatic rings. The first-order chi connectivity index (χ1) is 8.26. The molecule has 0 saturated heterocycles. The van der Waals surface area contributed by atoms with Crippen LogP contribution in [-0.4, -0.2) is 26.1 Å². The van der Waals surface area contributed by atoms with Gasteiger partial charge in [-0.2, -0.15) is 0 Å². The number of ketones is 1. The molecule has 1 aliphatic rings. The van der Waals surface area contributed by atoms with Gasteiger partial charge in [0.1, 0.15) is 11.9 Å². The number of hydrogen-bond donors (Lipinski definition) is 0. The van der Waals surface area contributed by atoms with Gasteiger partial charge in [-0.25, -0.2) is 0 Å². The fraction of sp³-hybridized carbons (Fsp3) is 0.500. The first kappa shape index (κ1) is 12.1. The Morgan fingerprint density at radius 2 is 2.06 bits per heavy atom. The predicted octanol–water partition coefficient (Wildman–Crippen LogP) is 2.23. The van der Waals surface area contributed by atoms with Gasteiger partial charge in [0, 0.05) is 19.1 Å². The maximum atomic E-state index is 12.1. The smallest absolute Gasteiger partial charge is 0.166 e. The highest BCUT2D eigenvalue weighted by molar-refractivity contribution is 5.86. The summed E-state index contributed by atoms with van der Waals surface area (Å²) < 4.78 is 10.5. The van der Waals surface area contributed by atoms with Gasteiger partial charge in [-0.15, -0.1) is 0 Å². The van der Waals surface area contributed by atoms with E-state index in [1.54, 1.807) is 14.2 Å². The van der Waals surface area contributed by atoms with E-state index < -0.39 is 0 Å². The molecule has 3 nitrogen and oxygen atoms in total. The molecule has 0 radical (unpaired) electrons. The number of Topliss-reactive ketones (excluding diaryl/α,β-unsaturated/α-hetero) is 1. The van der Waals surface area contributed by atoms with Crippen LogP contribution in [0, 0.1) is 5.92 Å². The van der Waals surface area contributed by atoms with Crippen molar-refractivity contribution in [2.24, 2.45) is 5.92 Å². The lowest BCUT2D eigenvalue weighted by atomic mass is 10.0. The Balaban J connectivity index is 2.06. The molecule has 0 aromatic heterocycles. The minimum absolute atomic E-state index is 0.152. The lowest BCUT2D eigenvalue weighted by Gasteiger charge is -2.14. The fourth-order valence-corrected chi connectivity index (χ4v) is 2.12. The van der Waals surface area contributed by atoms with Crippen molar-refractivity contribution >= 4 is 5.78 Å². The van der Waals surface area contributed by atoms with Gasteiger partial charge in [0.2, 0.25) is 0 Å². The van der Waals surface area contributed by atoms with E-state index in [0.717, 1.165) is 24.2 Å². The molecule has 1 atom stereocenters. The standard InChI is InChI=1S/C14H18O3/c1-16-13-6-4-3-5-11(13)9-12(15)14(17-2)10-7-8-10/h3-6,10,14H,7-9H2,1-2H3. The zero-order valence-corrected chi connectivity index (χ0v) is 10.3. The summed E-state index contributed by atoms with van der Waals surface area (Å²) in [4.78, 5) is 12.1. The van der Waals surface area contributed by atoms with Gasteiger partial charge in [-0.3, -0.25) is 4.79 Å². The minimum atomic E-state index is -0.236. The molecular weight excluding hydrogens is 216 g/mol. The van der Waals surface area contributed by atoms with Crippen molar-refractivity contribution in [3.8, 4) is 5.75 Å². The summed E-state index contributed by atoms with van der Waals surface area (Å²) in [6.45, 7) is 0. The summed E-state index contributed by atoms with van der Waals surface area (Å²) in [5.41, 5.74) is 0.933. The molecule has 0 amide bonds. The maximum Gasteiger partial charge on any atom is 0.166 e. The molecular formula is C14H18O3. The minimum Gasteiger partial charge on any atom is -0.496 e. The Bertz CT molecular complexity index is 396. The molecule has 3 heteroatoms. The van der Waals surface area contributed by atoms with Crippen LogP contribution in [0.3, 0.4) is 0 Å². The van der Waals surface area contributed by atoms with E-state index >= 15 is 0 Å². The molecule has 1 aromatic carbocycles. The Kier molecular flexibility index (Phi) is 3.79. The zero-order valence-electron chi connectivity index (χ0n) is 10.3. The third-order valence-electron chi connectivity index (χ3n) is 3.18. The lowest BCUT2D eigenvalue weighted by Crippen LogP contribution is -2.26. The van der Waals surface area contributed by atoms with Crippen LogP contribution in [0.1, 0.15) is 18.4 Å². The van der Waals surface area contributed by atoms with Crippen LogP contribution in [0.25, 0.3) is 0 Å². The van der Waals surface area contributed by atoms with Gasteiger partial charge in [-0.05, 0) is 24.8 Å². The predicted molar refractivity (Wildman–Crippen MR) is 65.2 cm³/mol. The summed E-state index contributed by atoms with van der Waals surface area (Å²) in [5.74, 6) is 1.35. The average molecular weight is 234 g/mol. The Morgan fingerprint density at radius 1 is 1.35 bits per heavy atom. The van der Waals surface area contributed by atoms with E-state index in [-0.39, 0.29) is 11.9 Å². The third-order valence-corrected chi connectivity index (χ3v) is 3.18. The number of carbonyl (C=O) groups is 1. The highest BCUT2D eigenvalue weighted by atomic mass is 16.5. The lowest BCUT2D eigenvalue weighted by molar-refractivity contribution is -0.129. The number of rotatable bonds is 6. The SMILES string of the molecule is COc1ccccc1CC(=O)C(OC)C1CC1. The van der Waals surface area contributed by atoms with E-state index in [2.05, 4.69) is 0 Å². The fourth-order valence-electron chi connectivity index (χ4n) is 2.12. The molecule has 0 N–H and O–H groups in total. The summed E-state index contributed by atoms with van der Waals surface area (Å²) >= 11 is 0. The second kappa shape index (κ2) is 5.32. The average Bonchev–Trinajstić information content (AvgIpc) is 3.15. The van der Waals surface area contributed by atoms with Crippen LogP contribution in [-0.2, 0) is 16.0 Å². The maximum absolute atomic E-state index is 12.1. The number of methoxy groups -OCH3 is 2. The summed E-state index contributed by atoms with van der Waals surface area (Å²) in [6, 6.07) is 7.63. The van der Waals surface area contributed by atoms with Crippen molar-refractivity contribution < 1.29 is 14.3 Å². The summed E-state index contributed by atoms with van der Waals surface area (Å²) in [5, 5.41) is 0. The molecule has 92 valence electrons. The monoisotopic (exact) mass is 234 g/mol. The van der Waals surface area contributed by atoms with Crippen LogP contribution >= 0.6 is 0 Å².